The molecule has 6 amide bonds. The van der Waals surface area contributed by atoms with Crippen LogP contribution in [0.4, 0.5) is 9.59 Å². The van der Waals surface area contributed by atoms with Gasteiger partial charge in [0.1, 0.15) is 35.4 Å². The molecule has 5 rings (SSSR count). The summed E-state index contributed by atoms with van der Waals surface area (Å²) in [5.74, 6) is -2.53. The zero-order valence-corrected chi connectivity index (χ0v) is 44.9. The minimum Gasteiger partial charge on any atom is -0.465 e. The van der Waals surface area contributed by atoms with E-state index in [0.29, 0.717) is 45.7 Å². The fourth-order valence-electron chi connectivity index (χ4n) is 8.79. The van der Waals surface area contributed by atoms with Crippen LogP contribution in [0.15, 0.2) is 60.7 Å². The van der Waals surface area contributed by atoms with Crippen molar-refractivity contribution in [1.82, 2.24) is 36.0 Å². The van der Waals surface area contributed by atoms with Gasteiger partial charge in [-0.05, 0) is 97.6 Å². The fraction of sp³-hybridized carbons (Fsp3) is 0.648. The molecular formula is C54H83N7O12. The molecule has 3 heterocycles. The normalized spacial score (nSPS) is 17.2. The predicted molar refractivity (Wildman–Crippen MR) is 275 cm³/mol. The molecule has 0 radical (unpaired) electrons. The maximum atomic E-state index is 14.7. The van der Waals surface area contributed by atoms with Gasteiger partial charge in [-0.25, -0.2) is 9.59 Å². The molecule has 0 spiro atoms. The average molecular weight is 1020 g/mol. The number of alkyl carbamates (subject to hydrolysis) is 1. The second-order valence-electron chi connectivity index (χ2n) is 21.2. The number of nitrogens with one attached hydrogen (secondary N) is 4. The Hall–Kier alpha value is -5.79. The van der Waals surface area contributed by atoms with Gasteiger partial charge in [-0.15, -0.1) is 0 Å². The van der Waals surface area contributed by atoms with Crippen LogP contribution in [-0.2, 0) is 60.5 Å². The molecule has 0 aromatic heterocycles. The van der Waals surface area contributed by atoms with Crippen molar-refractivity contribution >= 4 is 41.8 Å². The minimum absolute atomic E-state index is 0.0601. The van der Waals surface area contributed by atoms with E-state index in [2.05, 4.69) is 21.3 Å². The van der Waals surface area contributed by atoms with E-state index >= 15 is 0 Å². The Morgan fingerprint density at radius 3 is 1.74 bits per heavy atom. The van der Waals surface area contributed by atoms with Gasteiger partial charge in [0.05, 0.1) is 33.0 Å². The molecule has 3 aliphatic rings. The summed E-state index contributed by atoms with van der Waals surface area (Å²) in [4.78, 5) is 102. The Kier molecular flexibility index (Phi) is 23.9. The molecule has 3 fully saturated rings. The average Bonchev–Trinajstić information content (AvgIpc) is 3.30. The lowest BCUT2D eigenvalue weighted by Crippen LogP contribution is -2.72. The summed E-state index contributed by atoms with van der Waals surface area (Å²) in [6.45, 7) is 19.0. The molecular weight excluding hydrogens is 939 g/mol. The fourth-order valence-corrected chi connectivity index (χ4v) is 8.79. The van der Waals surface area contributed by atoms with Crippen molar-refractivity contribution < 1.29 is 57.2 Å². The molecule has 4 N–H and O–H groups in total. The standard InChI is InChI=1S/C54H83N7O12/c1-11-71-46(62)36-59-34-40-33-41(35-59)61(40)50(66)42(24-18-19-25-60(26-27-70-29-28-69-10)52(68)73-54(7,8)9)55-47(63)43(30-37(2)3)56-48(64)44(31-38-20-14-12-15-21-38)57-49(65)45(32-39-22-16-13-17-23-39)58-51(67)72-53(4,5)6/h12-17,20-23,37,40-45H,11,18-19,24-36H2,1-10H3,(H,55,63)(H,56,64)(H,57,65)(H,58,67)/t40?,41?,42-,43-,44-,45-/m1/s1. The maximum Gasteiger partial charge on any atom is 0.410 e. The lowest BCUT2D eigenvalue weighted by Gasteiger charge is -2.56. The van der Waals surface area contributed by atoms with E-state index in [1.165, 1.54) is 0 Å². The van der Waals surface area contributed by atoms with Gasteiger partial charge >= 0.3 is 18.2 Å². The van der Waals surface area contributed by atoms with Crippen molar-refractivity contribution in [3.8, 4) is 0 Å². The first-order valence-electron chi connectivity index (χ1n) is 25.8. The van der Waals surface area contributed by atoms with Gasteiger partial charge in [-0.2, -0.15) is 0 Å². The largest absolute Gasteiger partial charge is 0.465 e. The number of amides is 6. The van der Waals surface area contributed by atoms with Gasteiger partial charge in [-0.3, -0.25) is 28.9 Å². The van der Waals surface area contributed by atoms with Gasteiger partial charge < -0.3 is 54.8 Å². The van der Waals surface area contributed by atoms with E-state index in [1.54, 1.807) is 65.4 Å². The highest BCUT2D eigenvalue weighted by Crippen LogP contribution is 2.33. The van der Waals surface area contributed by atoms with Crippen LogP contribution in [0.1, 0.15) is 106 Å². The number of piperidine rings is 1. The van der Waals surface area contributed by atoms with Crippen molar-refractivity contribution in [3.63, 3.8) is 0 Å². The Morgan fingerprint density at radius 1 is 0.671 bits per heavy atom. The van der Waals surface area contributed by atoms with Crippen LogP contribution in [0.3, 0.4) is 0 Å². The van der Waals surface area contributed by atoms with Crippen LogP contribution >= 0.6 is 0 Å². The number of benzene rings is 2. The zero-order valence-electron chi connectivity index (χ0n) is 44.9. The van der Waals surface area contributed by atoms with Crippen LogP contribution in [0.25, 0.3) is 0 Å². The summed E-state index contributed by atoms with van der Waals surface area (Å²) in [6, 6.07) is 13.5. The number of fused-ring (bicyclic) bond motifs is 2. The number of carbonyl (C=O) groups excluding carboxylic acids is 7. The van der Waals surface area contributed by atoms with Gasteiger partial charge in [0.25, 0.3) is 0 Å². The molecule has 19 nitrogen and oxygen atoms in total. The molecule has 406 valence electrons. The summed E-state index contributed by atoms with van der Waals surface area (Å²) < 4.78 is 27.1. The summed E-state index contributed by atoms with van der Waals surface area (Å²) in [7, 11) is 1.58. The number of methoxy groups -OCH3 is 1. The third kappa shape index (κ3) is 21.3. The first-order chi connectivity index (χ1) is 34.5. The third-order valence-corrected chi connectivity index (χ3v) is 12.1. The lowest BCUT2D eigenvalue weighted by molar-refractivity contribution is -0.160. The Bertz CT molecular complexity index is 2070. The van der Waals surface area contributed by atoms with Crippen LogP contribution in [0, 0.1) is 5.92 Å². The van der Waals surface area contributed by atoms with Crippen LogP contribution in [0.5, 0.6) is 0 Å². The number of carbonyl (C=O) groups is 7. The van der Waals surface area contributed by atoms with Crippen molar-refractivity contribution in [2.75, 3.05) is 66.3 Å². The van der Waals surface area contributed by atoms with Gasteiger partial charge in [0.15, 0.2) is 0 Å². The van der Waals surface area contributed by atoms with E-state index in [9.17, 15) is 33.6 Å². The van der Waals surface area contributed by atoms with Crippen molar-refractivity contribution in [1.29, 1.82) is 0 Å². The number of hydrogen-bond donors (Lipinski definition) is 4. The predicted octanol–water partition coefficient (Wildman–Crippen LogP) is 4.78. The molecule has 3 aliphatic heterocycles. The van der Waals surface area contributed by atoms with Gasteiger partial charge in [-0.1, -0.05) is 74.5 Å². The number of hydrogen-bond acceptors (Lipinski definition) is 13. The molecule has 19 heteroatoms. The molecule has 2 aromatic carbocycles. The van der Waals surface area contributed by atoms with Crippen molar-refractivity contribution in [2.24, 2.45) is 5.92 Å². The highest BCUT2D eigenvalue weighted by atomic mass is 16.6. The molecule has 2 aromatic rings. The Balaban J connectivity index is 1.57. The smallest absolute Gasteiger partial charge is 0.410 e. The first kappa shape index (κ1) is 59.8. The summed E-state index contributed by atoms with van der Waals surface area (Å²) in [5.41, 5.74) is -0.0658. The van der Waals surface area contributed by atoms with Gasteiger partial charge in [0.2, 0.25) is 23.6 Å². The molecule has 73 heavy (non-hydrogen) atoms. The molecule has 6 atom stereocenters. The first-order valence-corrected chi connectivity index (χ1v) is 25.8. The summed E-state index contributed by atoms with van der Waals surface area (Å²) in [6.07, 6.45) is 0.954. The van der Waals surface area contributed by atoms with E-state index in [4.69, 9.17) is 23.7 Å². The van der Waals surface area contributed by atoms with Gasteiger partial charge in [0, 0.05) is 58.2 Å². The number of nitrogens with zero attached hydrogens (tertiary/aromatic N) is 3. The second kappa shape index (κ2) is 29.2. The quantitative estimate of drug-likeness (QED) is 0.0513. The number of ether oxygens (including phenoxy) is 5. The van der Waals surface area contributed by atoms with E-state index in [-0.39, 0.29) is 81.9 Å². The summed E-state index contributed by atoms with van der Waals surface area (Å²) in [5, 5.41) is 11.5. The number of rotatable bonds is 28. The number of esters is 1. The topological polar surface area (TPSA) is 223 Å². The van der Waals surface area contributed by atoms with Crippen LogP contribution in [-0.4, -0.2) is 170 Å². The molecule has 2 bridgehead atoms. The second-order valence-corrected chi connectivity index (χ2v) is 21.2. The lowest BCUT2D eigenvalue weighted by atomic mass is 9.86. The molecule has 3 saturated heterocycles. The monoisotopic (exact) mass is 1020 g/mol. The highest BCUT2D eigenvalue weighted by Gasteiger charge is 2.49. The van der Waals surface area contributed by atoms with Crippen molar-refractivity contribution in [3.05, 3.63) is 71.8 Å². The SMILES string of the molecule is CCOC(=O)CN1CC2CC(C1)N2C(=O)[C@@H](CCCCN(CCOCCOC)C(=O)OC(C)(C)C)NC(=O)[C@@H](CC(C)C)NC(=O)[C@@H](Cc1ccccc1)NC(=O)[C@@H](Cc1ccccc1)NC(=O)OC(C)(C)C. The van der Waals surface area contributed by atoms with Crippen LogP contribution < -0.4 is 21.3 Å². The van der Waals surface area contributed by atoms with E-state index < -0.39 is 65.3 Å². The Labute approximate surface area is 432 Å². The summed E-state index contributed by atoms with van der Waals surface area (Å²) >= 11 is 0. The van der Waals surface area contributed by atoms with Crippen LogP contribution in [0.2, 0.25) is 0 Å². The van der Waals surface area contributed by atoms with E-state index in [1.807, 2.05) is 79.4 Å². The number of piperazine rings is 1. The number of unbranched alkanes of at least 4 members (excludes halogenated alkanes) is 1. The van der Waals surface area contributed by atoms with E-state index in [0.717, 1.165) is 17.5 Å². The molecule has 0 saturated carbocycles. The molecule has 2 unspecified atom stereocenters. The highest BCUT2D eigenvalue weighted by molar-refractivity contribution is 5.95. The maximum absolute atomic E-state index is 14.7. The minimum atomic E-state index is -1.19. The zero-order chi connectivity index (χ0) is 53.7. The van der Waals surface area contributed by atoms with Crippen molar-refractivity contribution in [2.45, 2.75) is 155 Å². The Morgan fingerprint density at radius 2 is 1.21 bits per heavy atom. The molecule has 0 aliphatic carbocycles. The third-order valence-electron chi connectivity index (χ3n) is 12.1.